The third-order valence-electron chi connectivity index (χ3n) is 2.05. The molecule has 0 atom stereocenters. The predicted octanol–water partition coefficient (Wildman–Crippen LogP) is 0.728. The van der Waals surface area contributed by atoms with Crippen molar-refractivity contribution in [2.24, 2.45) is 5.73 Å². The molecule has 0 aliphatic heterocycles. The second-order valence-corrected chi connectivity index (χ2v) is 3.40. The molecule has 0 saturated carbocycles. The number of carbonyl (C=O) groups is 2. The maximum absolute atomic E-state index is 11.7. The van der Waals surface area contributed by atoms with Gasteiger partial charge in [0, 0.05) is 6.54 Å². The second kappa shape index (κ2) is 6.88. The number of alkyl halides is 1. The van der Waals surface area contributed by atoms with Crippen molar-refractivity contribution in [3.63, 3.8) is 0 Å². The van der Waals surface area contributed by atoms with E-state index < -0.39 is 5.91 Å². The molecular weight excluding hydrogens is 244 g/mol. The van der Waals surface area contributed by atoms with E-state index in [1.807, 2.05) is 0 Å². The van der Waals surface area contributed by atoms with Gasteiger partial charge < -0.3 is 15.8 Å². The lowest BCUT2D eigenvalue weighted by Crippen LogP contribution is -2.29. The van der Waals surface area contributed by atoms with Crippen LogP contribution in [0.15, 0.2) is 24.3 Å². The Morgan fingerprint density at radius 2 is 1.94 bits per heavy atom. The van der Waals surface area contributed by atoms with Gasteiger partial charge in [-0.1, -0.05) is 23.7 Å². The molecule has 0 saturated heterocycles. The van der Waals surface area contributed by atoms with E-state index in [4.69, 9.17) is 22.1 Å². The molecule has 0 heterocycles. The van der Waals surface area contributed by atoms with Gasteiger partial charge in [0.25, 0.3) is 5.91 Å². The van der Waals surface area contributed by atoms with Crippen molar-refractivity contribution in [1.29, 1.82) is 0 Å². The molecule has 6 heteroatoms. The summed E-state index contributed by atoms with van der Waals surface area (Å²) in [6, 6.07) is 6.43. The highest BCUT2D eigenvalue weighted by atomic mass is 35.5. The number of amides is 2. The van der Waals surface area contributed by atoms with Crippen LogP contribution in [0.2, 0.25) is 0 Å². The lowest BCUT2D eigenvalue weighted by atomic mass is 10.1. The van der Waals surface area contributed by atoms with Gasteiger partial charge in [0.2, 0.25) is 5.91 Å². The fourth-order valence-corrected chi connectivity index (χ4v) is 1.39. The Balaban J connectivity index is 2.65. The minimum atomic E-state index is -0.632. The van der Waals surface area contributed by atoms with Crippen molar-refractivity contribution < 1.29 is 14.3 Å². The third-order valence-corrected chi connectivity index (χ3v) is 2.20. The van der Waals surface area contributed by atoms with Crippen LogP contribution in [-0.2, 0) is 4.74 Å². The van der Waals surface area contributed by atoms with Crippen LogP contribution in [0.25, 0.3) is 0 Å². The number of halogens is 1. The van der Waals surface area contributed by atoms with Gasteiger partial charge in [0.05, 0.1) is 17.7 Å². The maximum Gasteiger partial charge on any atom is 0.252 e. The van der Waals surface area contributed by atoms with Crippen molar-refractivity contribution in [3.05, 3.63) is 35.4 Å². The van der Waals surface area contributed by atoms with E-state index in [0.717, 1.165) is 0 Å². The summed E-state index contributed by atoms with van der Waals surface area (Å²) in [6.45, 7) is 0.632. The highest BCUT2D eigenvalue weighted by molar-refractivity contribution is 6.17. The molecule has 92 valence electrons. The van der Waals surface area contributed by atoms with Crippen molar-refractivity contribution >= 4 is 23.4 Å². The zero-order valence-corrected chi connectivity index (χ0v) is 9.87. The fourth-order valence-electron chi connectivity index (χ4n) is 1.28. The molecule has 1 aromatic carbocycles. The van der Waals surface area contributed by atoms with Crippen LogP contribution >= 0.6 is 11.6 Å². The van der Waals surface area contributed by atoms with Gasteiger partial charge >= 0.3 is 0 Å². The highest BCUT2D eigenvalue weighted by Gasteiger charge is 2.13. The van der Waals surface area contributed by atoms with Crippen molar-refractivity contribution in [2.45, 2.75) is 0 Å². The van der Waals surface area contributed by atoms with Crippen molar-refractivity contribution in [2.75, 3.05) is 19.2 Å². The van der Waals surface area contributed by atoms with E-state index in [1.54, 1.807) is 12.1 Å². The van der Waals surface area contributed by atoms with E-state index in [2.05, 4.69) is 5.32 Å². The van der Waals surface area contributed by atoms with Gasteiger partial charge in [-0.05, 0) is 12.1 Å². The number of carbonyl (C=O) groups excluding carboxylic acids is 2. The summed E-state index contributed by atoms with van der Waals surface area (Å²) < 4.78 is 4.86. The number of rotatable bonds is 6. The van der Waals surface area contributed by atoms with Crippen LogP contribution < -0.4 is 11.1 Å². The first kappa shape index (κ1) is 13.5. The normalized spacial score (nSPS) is 9.94. The Morgan fingerprint density at radius 3 is 2.53 bits per heavy atom. The predicted molar refractivity (Wildman–Crippen MR) is 64.0 cm³/mol. The number of nitrogens with one attached hydrogen (secondary N) is 1. The molecule has 0 unspecified atom stereocenters. The molecule has 0 aliphatic rings. The summed E-state index contributed by atoms with van der Waals surface area (Å²) in [4.78, 5) is 22.8. The molecule has 0 aromatic heterocycles. The number of primary amides is 1. The zero-order valence-electron chi connectivity index (χ0n) is 9.11. The van der Waals surface area contributed by atoms with Crippen LogP contribution in [0.1, 0.15) is 20.7 Å². The van der Waals surface area contributed by atoms with Crippen LogP contribution in [0.4, 0.5) is 0 Å². The van der Waals surface area contributed by atoms with E-state index in [1.165, 1.54) is 12.1 Å². The van der Waals surface area contributed by atoms with Crippen LogP contribution in [0.3, 0.4) is 0 Å². The van der Waals surface area contributed by atoms with Crippen molar-refractivity contribution in [1.82, 2.24) is 5.32 Å². The van der Waals surface area contributed by atoms with Gasteiger partial charge in [0.1, 0.15) is 6.07 Å². The Hall–Kier alpha value is -1.59. The molecule has 2 amide bonds. The lowest BCUT2D eigenvalue weighted by molar-refractivity contribution is 0.0919. The molecule has 17 heavy (non-hydrogen) atoms. The molecule has 0 bridgehead atoms. The largest absolute Gasteiger partial charge is 0.366 e. The van der Waals surface area contributed by atoms with Gasteiger partial charge in [-0.25, -0.2) is 0 Å². The van der Waals surface area contributed by atoms with Gasteiger partial charge in [-0.3, -0.25) is 9.59 Å². The summed E-state index contributed by atoms with van der Waals surface area (Å²) >= 11 is 5.30. The van der Waals surface area contributed by atoms with E-state index in [0.29, 0.717) is 13.2 Å². The molecule has 0 fully saturated rings. The van der Waals surface area contributed by atoms with Crippen LogP contribution in [-0.4, -0.2) is 31.0 Å². The Kier molecular flexibility index (Phi) is 5.45. The third kappa shape index (κ3) is 4.05. The highest BCUT2D eigenvalue weighted by Crippen LogP contribution is 2.07. The fraction of sp³-hybridized carbons (Fsp3) is 0.273. The summed E-state index contributed by atoms with van der Waals surface area (Å²) in [5.74, 6) is -0.995. The van der Waals surface area contributed by atoms with E-state index in [9.17, 15) is 9.59 Å². The molecule has 1 rings (SSSR count). The second-order valence-electron chi connectivity index (χ2n) is 3.18. The molecule has 3 N–H and O–H groups in total. The molecule has 5 nitrogen and oxygen atoms in total. The van der Waals surface area contributed by atoms with Gasteiger partial charge in [0.15, 0.2) is 0 Å². The quantitative estimate of drug-likeness (QED) is 0.581. The first-order valence-corrected chi connectivity index (χ1v) is 5.51. The minimum Gasteiger partial charge on any atom is -0.366 e. The topological polar surface area (TPSA) is 81.4 Å². The number of hydrogen-bond acceptors (Lipinski definition) is 3. The van der Waals surface area contributed by atoms with Gasteiger partial charge in [-0.2, -0.15) is 0 Å². The number of benzene rings is 1. The van der Waals surface area contributed by atoms with Crippen molar-refractivity contribution in [3.8, 4) is 0 Å². The maximum atomic E-state index is 11.7. The molecule has 1 aromatic rings. The zero-order chi connectivity index (χ0) is 12.7. The monoisotopic (exact) mass is 256 g/mol. The smallest absolute Gasteiger partial charge is 0.252 e. The summed E-state index contributed by atoms with van der Waals surface area (Å²) in [6.07, 6.45) is 0. The average molecular weight is 257 g/mol. The lowest BCUT2D eigenvalue weighted by Gasteiger charge is -2.07. The minimum absolute atomic E-state index is 0.0771. The number of hydrogen-bond donors (Lipinski definition) is 2. The van der Waals surface area contributed by atoms with E-state index >= 15 is 0 Å². The summed E-state index contributed by atoms with van der Waals surface area (Å²) in [7, 11) is 0. The van der Waals surface area contributed by atoms with Crippen LogP contribution in [0, 0.1) is 0 Å². The number of nitrogens with two attached hydrogens (primary N) is 1. The standard InChI is InChI=1S/C11H13ClN2O3/c12-7-17-6-5-14-11(16)9-4-2-1-3-8(9)10(13)15/h1-4H,5-7H2,(H2,13,15)(H,14,16). The first-order chi connectivity index (χ1) is 8.16. The molecule has 0 radical (unpaired) electrons. The number of ether oxygens (including phenoxy) is 1. The Morgan fingerprint density at radius 1 is 1.29 bits per heavy atom. The van der Waals surface area contributed by atoms with Crippen LogP contribution in [0.5, 0.6) is 0 Å². The Bertz CT molecular complexity index is 409. The molecule has 0 spiro atoms. The average Bonchev–Trinajstić information content (AvgIpc) is 2.34. The Labute approximate surface area is 104 Å². The molecular formula is C11H13ClN2O3. The SMILES string of the molecule is NC(=O)c1ccccc1C(=O)NCCOCCl. The summed E-state index contributed by atoms with van der Waals surface area (Å²) in [5, 5.41) is 2.60. The van der Waals surface area contributed by atoms with E-state index in [-0.39, 0.29) is 23.1 Å². The first-order valence-electron chi connectivity index (χ1n) is 4.97. The summed E-state index contributed by atoms with van der Waals surface area (Å²) in [5.41, 5.74) is 5.62. The van der Waals surface area contributed by atoms with Gasteiger partial charge in [-0.15, -0.1) is 0 Å². The molecule has 0 aliphatic carbocycles.